The van der Waals surface area contributed by atoms with E-state index in [2.05, 4.69) is 96.1 Å². The Kier molecular flexibility index (Phi) is 2.54. The second-order valence-electron chi connectivity index (χ2n) is 8.14. The van der Waals surface area contributed by atoms with Crippen molar-refractivity contribution in [2.45, 2.75) is 26.3 Å². The smallest absolute Gasteiger partial charge is 0.220 e. The number of para-hydroxylation sites is 2. The van der Waals surface area contributed by atoms with E-state index in [0.29, 0.717) is 0 Å². The van der Waals surface area contributed by atoms with E-state index in [1.54, 1.807) is 0 Å². The molecule has 0 amide bonds. The predicted octanol–water partition coefficient (Wildman–Crippen LogP) is 4.34. The fourth-order valence-electron chi connectivity index (χ4n) is 4.95. The molecule has 132 valence electrons. The van der Waals surface area contributed by atoms with Gasteiger partial charge in [0.1, 0.15) is 7.05 Å². The van der Waals surface area contributed by atoms with Crippen molar-refractivity contribution < 1.29 is 4.57 Å². The predicted molar refractivity (Wildman–Crippen MR) is 108 cm³/mol. The van der Waals surface area contributed by atoms with Crippen molar-refractivity contribution in [3.05, 3.63) is 65.9 Å². The molecule has 0 N–H and O–H groups in total. The average molecular weight is 353 g/mol. The van der Waals surface area contributed by atoms with E-state index in [4.69, 9.17) is 4.98 Å². The maximum Gasteiger partial charge on any atom is 0.220 e. The summed E-state index contributed by atoms with van der Waals surface area (Å²) in [6.45, 7) is 6.81. The van der Waals surface area contributed by atoms with Crippen LogP contribution < -0.4 is 4.57 Å². The Labute approximate surface area is 157 Å². The third-order valence-corrected chi connectivity index (χ3v) is 6.21. The number of hydrogen-bond acceptors (Lipinski definition) is 1. The van der Waals surface area contributed by atoms with E-state index in [0.717, 1.165) is 16.8 Å². The summed E-state index contributed by atoms with van der Waals surface area (Å²) in [5.74, 6) is 1.01. The average Bonchev–Trinajstić information content (AvgIpc) is 3.16. The standard InChI is InChI=1S/C23H21N4/c1-14-11-12-18-21-19(14)20-15(8-7-13-25(20)4)23(2,3)27(21)22-24-16-9-5-6-10-17(16)26(18)22/h5-13H,1-4H3/q+1. The summed E-state index contributed by atoms with van der Waals surface area (Å²) in [5.41, 5.74) is 9.78. The SMILES string of the molecule is Cc1ccc2c3c1-c1c(ccc[n+]1C)C(C)(C)n3c1nc3ccccc3n21. The molecule has 0 fully saturated rings. The molecule has 27 heavy (non-hydrogen) atoms. The van der Waals surface area contributed by atoms with E-state index in [9.17, 15) is 0 Å². The lowest BCUT2D eigenvalue weighted by molar-refractivity contribution is -0.661. The van der Waals surface area contributed by atoms with Gasteiger partial charge in [0.2, 0.25) is 11.5 Å². The summed E-state index contributed by atoms with van der Waals surface area (Å²) in [7, 11) is 2.15. The van der Waals surface area contributed by atoms with Crippen LogP contribution in [0.1, 0.15) is 25.0 Å². The molecule has 4 heterocycles. The van der Waals surface area contributed by atoms with Crippen LogP contribution in [-0.4, -0.2) is 14.0 Å². The number of imidazole rings is 2. The van der Waals surface area contributed by atoms with E-state index in [1.165, 1.54) is 33.4 Å². The number of benzene rings is 2. The van der Waals surface area contributed by atoms with Crippen LogP contribution in [0.2, 0.25) is 0 Å². The number of pyridine rings is 1. The van der Waals surface area contributed by atoms with E-state index >= 15 is 0 Å². The summed E-state index contributed by atoms with van der Waals surface area (Å²) in [6.07, 6.45) is 2.15. The summed E-state index contributed by atoms with van der Waals surface area (Å²) in [4.78, 5) is 5.04. The zero-order valence-corrected chi connectivity index (χ0v) is 16.0. The highest BCUT2D eigenvalue weighted by molar-refractivity contribution is 6.01. The summed E-state index contributed by atoms with van der Waals surface area (Å²) in [6, 6.07) is 17.3. The van der Waals surface area contributed by atoms with E-state index in [-0.39, 0.29) is 5.54 Å². The molecule has 0 saturated carbocycles. The Hall–Kier alpha value is -3.14. The van der Waals surface area contributed by atoms with Crippen molar-refractivity contribution in [1.29, 1.82) is 0 Å². The van der Waals surface area contributed by atoms with Gasteiger partial charge in [0.25, 0.3) is 0 Å². The van der Waals surface area contributed by atoms with Crippen LogP contribution in [0.5, 0.6) is 0 Å². The number of aromatic nitrogens is 4. The molecule has 0 saturated heterocycles. The van der Waals surface area contributed by atoms with Crippen molar-refractivity contribution in [3.8, 4) is 11.3 Å². The highest BCUT2D eigenvalue weighted by atomic mass is 15.2. The van der Waals surface area contributed by atoms with Gasteiger partial charge in [-0.25, -0.2) is 9.55 Å². The molecule has 3 aromatic heterocycles. The molecular weight excluding hydrogens is 332 g/mol. The highest BCUT2D eigenvalue weighted by Gasteiger charge is 2.41. The lowest BCUT2D eigenvalue weighted by atomic mass is 9.84. The second-order valence-corrected chi connectivity index (χ2v) is 8.14. The summed E-state index contributed by atoms with van der Waals surface area (Å²) in [5, 5.41) is 0. The second kappa shape index (κ2) is 4.58. The maximum atomic E-state index is 5.04. The van der Waals surface area contributed by atoms with Crippen LogP contribution in [0.4, 0.5) is 0 Å². The molecule has 1 aliphatic heterocycles. The first-order valence-corrected chi connectivity index (χ1v) is 9.41. The van der Waals surface area contributed by atoms with Gasteiger partial charge in [0.15, 0.2) is 6.20 Å². The fraction of sp³-hybridized carbons (Fsp3) is 0.217. The number of fused-ring (bicyclic) bond motifs is 7. The minimum absolute atomic E-state index is 0.195. The molecule has 0 aliphatic carbocycles. The van der Waals surface area contributed by atoms with Crippen LogP contribution in [0.25, 0.3) is 39.1 Å². The Balaban J connectivity index is 1.97. The molecule has 0 unspecified atom stereocenters. The lowest BCUT2D eigenvalue weighted by Gasteiger charge is -2.33. The molecule has 0 radical (unpaired) electrons. The quantitative estimate of drug-likeness (QED) is 0.380. The van der Waals surface area contributed by atoms with Crippen LogP contribution in [-0.2, 0) is 12.6 Å². The lowest BCUT2D eigenvalue weighted by Crippen LogP contribution is -2.40. The number of rotatable bonds is 0. The molecule has 0 atom stereocenters. The minimum atomic E-state index is -0.195. The normalized spacial score (nSPS) is 15.0. The van der Waals surface area contributed by atoms with Gasteiger partial charge in [-0.05, 0) is 50.6 Å². The van der Waals surface area contributed by atoms with Crippen molar-refractivity contribution in [1.82, 2.24) is 14.0 Å². The molecule has 5 aromatic rings. The first-order valence-electron chi connectivity index (χ1n) is 9.41. The van der Waals surface area contributed by atoms with Gasteiger partial charge < -0.3 is 0 Å². The van der Waals surface area contributed by atoms with Gasteiger partial charge in [0, 0.05) is 6.07 Å². The molecule has 6 rings (SSSR count). The van der Waals surface area contributed by atoms with Crippen molar-refractivity contribution in [2.24, 2.45) is 7.05 Å². The number of hydrogen-bond donors (Lipinski definition) is 0. The van der Waals surface area contributed by atoms with Gasteiger partial charge in [0.05, 0.1) is 38.7 Å². The van der Waals surface area contributed by atoms with Gasteiger partial charge in [-0.2, -0.15) is 0 Å². The minimum Gasteiger partial charge on any atom is -0.299 e. The first kappa shape index (κ1) is 15.0. The Morgan fingerprint density at radius 2 is 1.78 bits per heavy atom. The topological polar surface area (TPSA) is 26.1 Å². The van der Waals surface area contributed by atoms with Gasteiger partial charge in [-0.1, -0.05) is 18.2 Å². The molecule has 1 aliphatic rings. The fourth-order valence-corrected chi connectivity index (χ4v) is 4.95. The van der Waals surface area contributed by atoms with Crippen LogP contribution in [0, 0.1) is 6.92 Å². The van der Waals surface area contributed by atoms with Crippen molar-refractivity contribution >= 4 is 27.8 Å². The first-order chi connectivity index (χ1) is 13.0. The molecule has 0 bridgehead atoms. The Morgan fingerprint density at radius 3 is 2.63 bits per heavy atom. The molecule has 4 heteroatoms. The Morgan fingerprint density at radius 1 is 0.963 bits per heavy atom. The number of nitrogens with zero attached hydrogens (tertiary/aromatic N) is 4. The van der Waals surface area contributed by atoms with Crippen molar-refractivity contribution in [2.75, 3.05) is 0 Å². The third-order valence-electron chi connectivity index (χ3n) is 6.21. The van der Waals surface area contributed by atoms with Gasteiger partial charge >= 0.3 is 0 Å². The summed E-state index contributed by atoms with van der Waals surface area (Å²) < 4.78 is 7.02. The molecular formula is C23H21N4+. The van der Waals surface area contributed by atoms with Gasteiger partial charge in [-0.15, -0.1) is 0 Å². The number of aryl methyl sites for hydroxylation is 2. The monoisotopic (exact) mass is 353 g/mol. The van der Waals surface area contributed by atoms with Crippen LogP contribution in [0.3, 0.4) is 0 Å². The molecule has 0 spiro atoms. The zero-order valence-electron chi connectivity index (χ0n) is 16.0. The zero-order chi connectivity index (χ0) is 18.5. The molecule has 2 aromatic carbocycles. The largest absolute Gasteiger partial charge is 0.299 e. The van der Waals surface area contributed by atoms with Crippen molar-refractivity contribution in [3.63, 3.8) is 0 Å². The van der Waals surface area contributed by atoms with E-state index in [1.807, 2.05) is 0 Å². The van der Waals surface area contributed by atoms with E-state index < -0.39 is 0 Å². The Bertz CT molecular complexity index is 1420. The van der Waals surface area contributed by atoms with Crippen LogP contribution in [0.15, 0.2) is 54.7 Å². The maximum absolute atomic E-state index is 5.04. The summed E-state index contributed by atoms with van der Waals surface area (Å²) >= 11 is 0. The van der Waals surface area contributed by atoms with Gasteiger partial charge in [-0.3, -0.25) is 8.97 Å². The molecule has 4 nitrogen and oxygen atoms in total. The van der Waals surface area contributed by atoms with Crippen LogP contribution >= 0.6 is 0 Å². The highest BCUT2D eigenvalue weighted by Crippen LogP contribution is 2.46. The third kappa shape index (κ3) is 1.60.